The first-order chi connectivity index (χ1) is 12.5. The summed E-state index contributed by atoms with van der Waals surface area (Å²) in [6.07, 6.45) is 0.296. The van der Waals surface area contributed by atoms with Gasteiger partial charge in [0.15, 0.2) is 0 Å². The fourth-order valence-corrected chi connectivity index (χ4v) is 2.94. The Labute approximate surface area is 153 Å². The van der Waals surface area contributed by atoms with E-state index >= 15 is 0 Å². The molecule has 6 nitrogen and oxygen atoms in total. The Kier molecular flexibility index (Phi) is 5.41. The minimum atomic E-state index is -0.264. The van der Waals surface area contributed by atoms with E-state index in [4.69, 9.17) is 4.74 Å². The smallest absolute Gasteiger partial charge is 0.315 e. The number of nitrogens with zero attached hydrogens (tertiary/aromatic N) is 1. The number of carbonyl (C=O) groups is 2. The molecule has 1 unspecified atom stereocenters. The van der Waals surface area contributed by atoms with Crippen LogP contribution in [0.5, 0.6) is 5.75 Å². The number of ether oxygens (including phenoxy) is 1. The van der Waals surface area contributed by atoms with Crippen LogP contribution in [0.3, 0.4) is 0 Å². The predicted octanol–water partition coefficient (Wildman–Crippen LogP) is 2.61. The van der Waals surface area contributed by atoms with Crippen LogP contribution >= 0.6 is 0 Å². The number of hydrogen-bond acceptors (Lipinski definition) is 3. The van der Waals surface area contributed by atoms with Crippen molar-refractivity contribution in [3.05, 3.63) is 59.7 Å². The average molecular weight is 353 g/mol. The second-order valence-electron chi connectivity index (χ2n) is 6.42. The van der Waals surface area contributed by atoms with Crippen LogP contribution in [0.1, 0.15) is 17.5 Å². The van der Waals surface area contributed by atoms with Gasteiger partial charge in [-0.2, -0.15) is 0 Å². The first-order valence-electron chi connectivity index (χ1n) is 8.59. The van der Waals surface area contributed by atoms with Crippen molar-refractivity contribution < 1.29 is 14.3 Å². The molecule has 0 spiro atoms. The Hall–Kier alpha value is -3.02. The van der Waals surface area contributed by atoms with Crippen LogP contribution in [0.4, 0.5) is 10.5 Å². The molecular formula is C20H23N3O3. The predicted molar refractivity (Wildman–Crippen MR) is 100 cm³/mol. The molecule has 1 aliphatic rings. The Balaban J connectivity index is 1.51. The summed E-state index contributed by atoms with van der Waals surface area (Å²) in [6.45, 7) is 2.94. The zero-order chi connectivity index (χ0) is 18.5. The van der Waals surface area contributed by atoms with Crippen LogP contribution in [0.15, 0.2) is 48.5 Å². The molecule has 2 aromatic rings. The summed E-state index contributed by atoms with van der Waals surface area (Å²) in [4.78, 5) is 26.0. The van der Waals surface area contributed by atoms with Crippen LogP contribution in [0.25, 0.3) is 0 Å². The number of rotatable bonds is 5. The largest absolute Gasteiger partial charge is 0.497 e. The molecule has 0 aliphatic carbocycles. The molecule has 1 heterocycles. The van der Waals surface area contributed by atoms with Gasteiger partial charge in [0.25, 0.3) is 0 Å². The van der Waals surface area contributed by atoms with Gasteiger partial charge in [-0.25, -0.2) is 4.79 Å². The first-order valence-corrected chi connectivity index (χ1v) is 8.59. The molecule has 2 N–H and O–H groups in total. The molecule has 2 aromatic carbocycles. The third-order valence-electron chi connectivity index (χ3n) is 4.42. The van der Waals surface area contributed by atoms with Crippen molar-refractivity contribution in [1.82, 2.24) is 10.6 Å². The normalized spacial score (nSPS) is 16.5. The molecule has 0 bridgehead atoms. The fourth-order valence-electron chi connectivity index (χ4n) is 2.94. The summed E-state index contributed by atoms with van der Waals surface area (Å²) >= 11 is 0. The van der Waals surface area contributed by atoms with Gasteiger partial charge in [0.2, 0.25) is 5.91 Å². The van der Waals surface area contributed by atoms with Crippen molar-refractivity contribution in [2.24, 2.45) is 0 Å². The van der Waals surface area contributed by atoms with Crippen molar-refractivity contribution in [1.29, 1.82) is 0 Å². The first kappa shape index (κ1) is 17.8. The van der Waals surface area contributed by atoms with E-state index in [2.05, 4.69) is 10.6 Å². The van der Waals surface area contributed by atoms with E-state index in [0.717, 1.165) is 17.0 Å². The van der Waals surface area contributed by atoms with Gasteiger partial charge in [0.05, 0.1) is 13.2 Å². The minimum Gasteiger partial charge on any atom is -0.497 e. The lowest BCUT2D eigenvalue weighted by atomic mass is 10.1. The lowest BCUT2D eigenvalue weighted by molar-refractivity contribution is -0.117. The summed E-state index contributed by atoms with van der Waals surface area (Å²) in [5.74, 6) is 0.740. The Bertz CT molecular complexity index is 772. The molecule has 0 radical (unpaired) electrons. The Morgan fingerprint density at radius 2 is 1.85 bits per heavy atom. The van der Waals surface area contributed by atoms with Gasteiger partial charge >= 0.3 is 6.03 Å². The fraction of sp³-hybridized carbons (Fsp3) is 0.300. The van der Waals surface area contributed by atoms with E-state index in [-0.39, 0.29) is 18.0 Å². The number of hydrogen-bond donors (Lipinski definition) is 2. The molecule has 1 atom stereocenters. The van der Waals surface area contributed by atoms with Crippen molar-refractivity contribution in [2.45, 2.75) is 25.9 Å². The van der Waals surface area contributed by atoms with Gasteiger partial charge in [-0.05, 0) is 36.8 Å². The number of anilines is 1. The van der Waals surface area contributed by atoms with Crippen LogP contribution in [-0.4, -0.2) is 31.6 Å². The number of methoxy groups -OCH3 is 1. The Morgan fingerprint density at radius 3 is 2.50 bits per heavy atom. The van der Waals surface area contributed by atoms with Gasteiger partial charge in [-0.3, -0.25) is 4.79 Å². The SMILES string of the molecule is COc1ccc(N2CC(NC(=O)NCc3ccc(C)cc3)CC2=O)cc1. The molecule has 0 aromatic heterocycles. The zero-order valence-corrected chi connectivity index (χ0v) is 15.0. The molecule has 6 heteroatoms. The molecule has 3 amide bonds. The van der Waals surface area contributed by atoms with Gasteiger partial charge < -0.3 is 20.3 Å². The number of aryl methyl sites for hydroxylation is 1. The molecular weight excluding hydrogens is 330 g/mol. The van der Waals surface area contributed by atoms with Gasteiger partial charge in [0, 0.05) is 25.2 Å². The summed E-state index contributed by atoms with van der Waals surface area (Å²) in [5, 5.41) is 5.71. The zero-order valence-electron chi connectivity index (χ0n) is 15.0. The minimum absolute atomic E-state index is 0.000925. The molecule has 136 valence electrons. The summed E-state index contributed by atoms with van der Waals surface area (Å²) in [5.41, 5.74) is 3.02. The second-order valence-corrected chi connectivity index (χ2v) is 6.42. The summed E-state index contributed by atoms with van der Waals surface area (Å²) in [7, 11) is 1.60. The highest BCUT2D eigenvalue weighted by molar-refractivity contribution is 5.96. The van der Waals surface area contributed by atoms with Crippen molar-refractivity contribution >= 4 is 17.6 Å². The maximum absolute atomic E-state index is 12.3. The third kappa shape index (κ3) is 4.33. The highest BCUT2D eigenvalue weighted by Gasteiger charge is 2.31. The van der Waals surface area contributed by atoms with E-state index in [1.54, 1.807) is 12.0 Å². The molecule has 1 saturated heterocycles. The maximum Gasteiger partial charge on any atom is 0.315 e. The highest BCUT2D eigenvalue weighted by Crippen LogP contribution is 2.24. The summed E-state index contributed by atoms with van der Waals surface area (Å²) in [6, 6.07) is 14.8. The Morgan fingerprint density at radius 1 is 1.15 bits per heavy atom. The van der Waals surface area contributed by atoms with E-state index in [1.807, 2.05) is 55.5 Å². The maximum atomic E-state index is 12.3. The van der Waals surface area contributed by atoms with Crippen LogP contribution < -0.4 is 20.3 Å². The van der Waals surface area contributed by atoms with E-state index in [1.165, 1.54) is 5.56 Å². The monoisotopic (exact) mass is 353 g/mol. The molecule has 1 aliphatic heterocycles. The number of benzene rings is 2. The molecule has 1 fully saturated rings. The summed E-state index contributed by atoms with van der Waals surface area (Å²) < 4.78 is 5.13. The van der Waals surface area contributed by atoms with Gasteiger partial charge in [-0.1, -0.05) is 29.8 Å². The van der Waals surface area contributed by atoms with E-state index in [0.29, 0.717) is 19.5 Å². The van der Waals surface area contributed by atoms with Crippen LogP contribution in [0, 0.1) is 6.92 Å². The molecule has 26 heavy (non-hydrogen) atoms. The number of urea groups is 1. The lowest BCUT2D eigenvalue weighted by Gasteiger charge is -2.17. The van der Waals surface area contributed by atoms with E-state index in [9.17, 15) is 9.59 Å². The molecule has 3 rings (SSSR count). The average Bonchev–Trinajstić information content (AvgIpc) is 3.01. The quantitative estimate of drug-likeness (QED) is 0.868. The topological polar surface area (TPSA) is 70.7 Å². The molecule has 0 saturated carbocycles. The standard InChI is InChI=1S/C20H23N3O3/c1-14-3-5-15(6-4-14)12-21-20(25)22-16-11-19(24)23(13-16)17-7-9-18(26-2)10-8-17/h3-10,16H,11-13H2,1-2H3,(H2,21,22,25). The van der Waals surface area contributed by atoms with Crippen LogP contribution in [0.2, 0.25) is 0 Å². The van der Waals surface area contributed by atoms with Crippen molar-refractivity contribution in [3.63, 3.8) is 0 Å². The lowest BCUT2D eigenvalue weighted by Crippen LogP contribution is -2.43. The van der Waals surface area contributed by atoms with Crippen LogP contribution in [-0.2, 0) is 11.3 Å². The number of amides is 3. The van der Waals surface area contributed by atoms with Crippen molar-refractivity contribution in [2.75, 3.05) is 18.6 Å². The second kappa shape index (κ2) is 7.91. The number of carbonyl (C=O) groups excluding carboxylic acids is 2. The van der Waals surface area contributed by atoms with Gasteiger partial charge in [-0.15, -0.1) is 0 Å². The van der Waals surface area contributed by atoms with Crippen molar-refractivity contribution in [3.8, 4) is 5.75 Å². The van der Waals surface area contributed by atoms with Gasteiger partial charge in [0.1, 0.15) is 5.75 Å². The highest BCUT2D eigenvalue weighted by atomic mass is 16.5. The number of nitrogens with one attached hydrogen (secondary N) is 2. The van der Waals surface area contributed by atoms with E-state index < -0.39 is 0 Å². The third-order valence-corrected chi connectivity index (χ3v) is 4.42.